The van der Waals surface area contributed by atoms with Crippen molar-refractivity contribution in [3.8, 4) is 0 Å². The molecule has 0 N–H and O–H groups in total. The van der Waals surface area contributed by atoms with Crippen molar-refractivity contribution in [2.45, 2.75) is 20.0 Å². The van der Waals surface area contributed by atoms with Gasteiger partial charge in [-0.3, -0.25) is 4.79 Å². The van der Waals surface area contributed by atoms with Gasteiger partial charge in [-0.15, -0.1) is 0 Å². The quantitative estimate of drug-likeness (QED) is 0.760. The zero-order valence-electron chi connectivity index (χ0n) is 8.59. The van der Waals surface area contributed by atoms with Crippen molar-refractivity contribution in [1.82, 2.24) is 0 Å². The second kappa shape index (κ2) is 5.50. The average Bonchev–Trinajstić information content (AvgIpc) is 2.14. The van der Waals surface area contributed by atoms with Gasteiger partial charge in [-0.2, -0.15) is 0 Å². The van der Waals surface area contributed by atoms with E-state index in [4.69, 9.17) is 27.9 Å². The molecule has 0 amide bonds. The first-order valence-electron chi connectivity index (χ1n) is 4.60. The molecular formula is C11H12Cl2O2. The SMILES string of the molecule is CC(C)OCC(=O)c1ccc(Cl)cc1Cl. The highest BCUT2D eigenvalue weighted by Crippen LogP contribution is 2.21. The fraction of sp³-hybridized carbons (Fsp3) is 0.364. The molecule has 0 aliphatic carbocycles. The molecule has 1 rings (SSSR count). The van der Waals surface area contributed by atoms with Gasteiger partial charge < -0.3 is 4.74 Å². The Morgan fingerprint density at radius 1 is 1.40 bits per heavy atom. The summed E-state index contributed by atoms with van der Waals surface area (Å²) in [4.78, 5) is 11.6. The number of carbonyl (C=O) groups is 1. The molecule has 1 aromatic rings. The Balaban J connectivity index is 2.74. The molecule has 0 aliphatic rings. The molecule has 82 valence electrons. The third kappa shape index (κ3) is 3.82. The average molecular weight is 247 g/mol. The molecule has 1 aromatic carbocycles. The van der Waals surface area contributed by atoms with Crippen LogP contribution in [0.25, 0.3) is 0 Å². The molecule has 0 aliphatic heterocycles. The largest absolute Gasteiger partial charge is 0.371 e. The number of hydrogen-bond acceptors (Lipinski definition) is 2. The van der Waals surface area contributed by atoms with E-state index in [2.05, 4.69) is 0 Å². The summed E-state index contributed by atoms with van der Waals surface area (Å²) in [5.41, 5.74) is 0.446. The van der Waals surface area contributed by atoms with Gasteiger partial charge in [0.25, 0.3) is 0 Å². The molecule has 0 atom stereocenters. The van der Waals surface area contributed by atoms with E-state index in [1.54, 1.807) is 18.2 Å². The van der Waals surface area contributed by atoms with Crippen molar-refractivity contribution in [2.75, 3.05) is 6.61 Å². The molecule has 0 radical (unpaired) electrons. The van der Waals surface area contributed by atoms with Crippen molar-refractivity contribution in [2.24, 2.45) is 0 Å². The number of Topliss-reactive ketones (excluding diaryl/α,β-unsaturated/α-hetero) is 1. The first kappa shape index (κ1) is 12.5. The van der Waals surface area contributed by atoms with Gasteiger partial charge in [0, 0.05) is 10.6 Å². The smallest absolute Gasteiger partial charge is 0.189 e. The molecule has 0 saturated heterocycles. The van der Waals surface area contributed by atoms with Crippen LogP contribution < -0.4 is 0 Å². The van der Waals surface area contributed by atoms with Gasteiger partial charge >= 0.3 is 0 Å². The number of halogens is 2. The molecular weight excluding hydrogens is 235 g/mol. The van der Waals surface area contributed by atoms with Gasteiger partial charge in [0.15, 0.2) is 5.78 Å². The fourth-order valence-electron chi connectivity index (χ4n) is 1.04. The Morgan fingerprint density at radius 2 is 2.07 bits per heavy atom. The summed E-state index contributed by atoms with van der Waals surface area (Å²) >= 11 is 11.6. The lowest BCUT2D eigenvalue weighted by atomic mass is 10.1. The van der Waals surface area contributed by atoms with E-state index in [0.29, 0.717) is 15.6 Å². The Bertz CT molecular complexity index is 362. The van der Waals surface area contributed by atoms with E-state index in [9.17, 15) is 4.79 Å². The van der Waals surface area contributed by atoms with Crippen molar-refractivity contribution in [3.63, 3.8) is 0 Å². The van der Waals surface area contributed by atoms with Crippen LogP contribution in [0.2, 0.25) is 10.0 Å². The molecule has 0 unspecified atom stereocenters. The van der Waals surface area contributed by atoms with Crippen LogP contribution >= 0.6 is 23.2 Å². The molecule has 0 bridgehead atoms. The number of hydrogen-bond donors (Lipinski definition) is 0. The Kier molecular flexibility index (Phi) is 4.58. The Hall–Kier alpha value is -0.570. The van der Waals surface area contributed by atoms with Crippen LogP contribution in [-0.2, 0) is 4.74 Å². The molecule has 4 heteroatoms. The summed E-state index contributed by atoms with van der Waals surface area (Å²) in [5, 5.41) is 0.876. The second-order valence-electron chi connectivity index (χ2n) is 3.41. The molecule has 0 aromatic heterocycles. The lowest BCUT2D eigenvalue weighted by molar-refractivity contribution is 0.0585. The molecule has 0 fully saturated rings. The van der Waals surface area contributed by atoms with Crippen molar-refractivity contribution in [1.29, 1.82) is 0 Å². The minimum Gasteiger partial charge on any atom is -0.371 e. The van der Waals surface area contributed by atoms with Crippen LogP contribution in [0.3, 0.4) is 0 Å². The lowest BCUT2D eigenvalue weighted by Crippen LogP contribution is -2.13. The second-order valence-corrected chi connectivity index (χ2v) is 4.25. The molecule has 15 heavy (non-hydrogen) atoms. The van der Waals surface area contributed by atoms with Crippen LogP contribution in [-0.4, -0.2) is 18.5 Å². The topological polar surface area (TPSA) is 26.3 Å². The van der Waals surface area contributed by atoms with E-state index < -0.39 is 0 Å². The van der Waals surface area contributed by atoms with Gasteiger partial charge in [-0.05, 0) is 32.0 Å². The van der Waals surface area contributed by atoms with Gasteiger partial charge in [0.05, 0.1) is 11.1 Å². The Morgan fingerprint density at radius 3 is 2.60 bits per heavy atom. The monoisotopic (exact) mass is 246 g/mol. The minimum atomic E-state index is -0.134. The van der Waals surface area contributed by atoms with E-state index in [0.717, 1.165) is 0 Å². The van der Waals surface area contributed by atoms with Crippen LogP contribution in [0.4, 0.5) is 0 Å². The maximum absolute atomic E-state index is 11.6. The van der Waals surface area contributed by atoms with E-state index >= 15 is 0 Å². The van der Waals surface area contributed by atoms with Crippen LogP contribution in [0, 0.1) is 0 Å². The first-order valence-corrected chi connectivity index (χ1v) is 5.36. The van der Waals surface area contributed by atoms with E-state index in [1.165, 1.54) is 0 Å². The number of carbonyl (C=O) groups excluding carboxylic acids is 1. The number of benzene rings is 1. The Labute approximate surface area is 99.1 Å². The maximum atomic E-state index is 11.6. The predicted octanol–water partition coefficient (Wildman–Crippen LogP) is 3.60. The highest BCUT2D eigenvalue weighted by atomic mass is 35.5. The third-order valence-corrected chi connectivity index (χ3v) is 2.33. The van der Waals surface area contributed by atoms with Crippen molar-refractivity contribution in [3.05, 3.63) is 33.8 Å². The fourth-order valence-corrected chi connectivity index (χ4v) is 1.55. The van der Waals surface area contributed by atoms with Crippen molar-refractivity contribution >= 4 is 29.0 Å². The molecule has 0 heterocycles. The standard InChI is InChI=1S/C11H12Cl2O2/c1-7(2)15-6-11(14)9-4-3-8(12)5-10(9)13/h3-5,7H,6H2,1-2H3. The van der Waals surface area contributed by atoms with Gasteiger partial charge in [-0.25, -0.2) is 0 Å². The van der Waals surface area contributed by atoms with Crippen LogP contribution in [0.15, 0.2) is 18.2 Å². The zero-order valence-corrected chi connectivity index (χ0v) is 10.1. The lowest BCUT2D eigenvalue weighted by Gasteiger charge is -2.07. The molecule has 2 nitrogen and oxygen atoms in total. The van der Waals surface area contributed by atoms with Crippen molar-refractivity contribution < 1.29 is 9.53 Å². The minimum absolute atomic E-state index is 0.0278. The van der Waals surface area contributed by atoms with Gasteiger partial charge in [0.1, 0.15) is 6.61 Å². The predicted molar refractivity (Wildman–Crippen MR) is 61.9 cm³/mol. The third-order valence-electron chi connectivity index (χ3n) is 1.78. The van der Waals surface area contributed by atoms with E-state index in [1.807, 2.05) is 13.8 Å². The van der Waals surface area contributed by atoms with Crippen LogP contribution in [0.5, 0.6) is 0 Å². The van der Waals surface area contributed by atoms with Gasteiger partial charge in [0.2, 0.25) is 0 Å². The summed E-state index contributed by atoms with van der Waals surface area (Å²) in [5.74, 6) is -0.134. The summed E-state index contributed by atoms with van der Waals surface area (Å²) in [6.07, 6.45) is 0.0278. The number of ketones is 1. The normalized spacial score (nSPS) is 10.7. The zero-order chi connectivity index (χ0) is 11.4. The molecule has 0 saturated carbocycles. The molecule has 0 spiro atoms. The summed E-state index contributed by atoms with van der Waals surface area (Å²) in [6.45, 7) is 3.78. The summed E-state index contributed by atoms with van der Waals surface area (Å²) in [6, 6.07) is 4.79. The van der Waals surface area contributed by atoms with Crippen LogP contribution in [0.1, 0.15) is 24.2 Å². The van der Waals surface area contributed by atoms with E-state index in [-0.39, 0.29) is 18.5 Å². The summed E-state index contributed by atoms with van der Waals surface area (Å²) < 4.78 is 5.20. The number of ether oxygens (including phenoxy) is 1. The maximum Gasteiger partial charge on any atom is 0.189 e. The van der Waals surface area contributed by atoms with Gasteiger partial charge in [-0.1, -0.05) is 23.2 Å². The highest BCUT2D eigenvalue weighted by molar-refractivity contribution is 6.36. The first-order chi connectivity index (χ1) is 7.00. The highest BCUT2D eigenvalue weighted by Gasteiger charge is 2.11. The summed E-state index contributed by atoms with van der Waals surface area (Å²) in [7, 11) is 0. The number of rotatable bonds is 4.